The molecule has 0 unspecified atom stereocenters. The summed E-state index contributed by atoms with van der Waals surface area (Å²) in [5.74, 6) is 6.13. The summed E-state index contributed by atoms with van der Waals surface area (Å²) in [7, 11) is 0. The first-order valence-electron chi connectivity index (χ1n) is 19.4. The first kappa shape index (κ1) is 41.9. The van der Waals surface area contributed by atoms with E-state index >= 15 is 0 Å². The average molecular weight is 709 g/mol. The van der Waals surface area contributed by atoms with E-state index in [2.05, 4.69) is 90.9 Å². The normalized spacial score (nSPS) is 26.2. The number of piperidine rings is 1. The second-order valence-electron chi connectivity index (χ2n) is 18.1. The second kappa shape index (κ2) is 19.0. The zero-order chi connectivity index (χ0) is 36.4. The summed E-state index contributed by atoms with van der Waals surface area (Å²) in [5, 5.41) is 0. The molecule has 2 saturated carbocycles. The molecule has 2 saturated heterocycles. The predicted octanol–water partition coefficient (Wildman–Crippen LogP) is 6.18. The van der Waals surface area contributed by atoms with Crippen molar-refractivity contribution in [3.8, 4) is 11.8 Å². The highest BCUT2D eigenvalue weighted by Gasteiger charge is 2.38. The van der Waals surface area contributed by atoms with Gasteiger partial charge < -0.3 is 37.9 Å². The van der Waals surface area contributed by atoms with Gasteiger partial charge in [0, 0.05) is 62.9 Å². The second-order valence-corrected chi connectivity index (χ2v) is 18.1. The van der Waals surface area contributed by atoms with E-state index in [1.54, 1.807) is 0 Å². The lowest BCUT2D eigenvalue weighted by atomic mass is 9.87. The van der Waals surface area contributed by atoms with Crippen LogP contribution in [0.3, 0.4) is 0 Å². The van der Waals surface area contributed by atoms with Gasteiger partial charge in [-0.15, -0.1) is 0 Å². The topological polar surface area (TPSA) is 80.3 Å². The molecule has 0 spiro atoms. The van der Waals surface area contributed by atoms with Crippen LogP contribution >= 0.6 is 0 Å². The summed E-state index contributed by atoms with van der Waals surface area (Å²) in [4.78, 5) is 5.04. The Hall–Kier alpha value is -0.840. The number of likely N-dealkylation sites (tertiary alicyclic amines) is 2. The van der Waals surface area contributed by atoms with Crippen molar-refractivity contribution in [3.63, 3.8) is 0 Å². The molecule has 10 heteroatoms. The Balaban J connectivity index is 0.955. The van der Waals surface area contributed by atoms with E-state index in [0.717, 1.165) is 77.5 Å². The first-order valence-corrected chi connectivity index (χ1v) is 19.4. The molecule has 4 aliphatic rings. The van der Waals surface area contributed by atoms with Gasteiger partial charge in [0.2, 0.25) is 0 Å². The van der Waals surface area contributed by atoms with E-state index in [1.807, 2.05) is 0 Å². The highest BCUT2D eigenvalue weighted by Crippen LogP contribution is 2.35. The molecule has 4 fully saturated rings. The molecule has 0 radical (unpaired) electrons. The summed E-state index contributed by atoms with van der Waals surface area (Å²) < 4.78 is 47.3. The molecule has 0 aromatic heterocycles. The van der Waals surface area contributed by atoms with E-state index < -0.39 is 0 Å². The molecule has 0 amide bonds. The molecule has 290 valence electrons. The minimum atomic E-state index is -0.167. The number of rotatable bonds is 20. The van der Waals surface area contributed by atoms with E-state index in [1.165, 1.54) is 0 Å². The van der Waals surface area contributed by atoms with Crippen LogP contribution in [0.15, 0.2) is 0 Å². The largest absolute Gasteiger partial charge is 0.373 e. The lowest BCUT2D eigenvalue weighted by molar-refractivity contribution is -0.205. The SMILES string of the molecule is CC(C)(C)OC1CC(OCOCOC2CCN(C(C)(C)CCC(C)(C)OC3CC(OCC#CCOCCOC4CN(C(C)(C)C)C4)C3)CC2)C1. The Morgan fingerprint density at radius 3 is 1.74 bits per heavy atom. The summed E-state index contributed by atoms with van der Waals surface area (Å²) in [6.07, 6.45) is 9.51. The zero-order valence-corrected chi connectivity index (χ0v) is 33.4. The molecule has 2 heterocycles. The van der Waals surface area contributed by atoms with Gasteiger partial charge in [-0.2, -0.15) is 0 Å². The molecule has 2 aliphatic carbocycles. The van der Waals surface area contributed by atoms with Gasteiger partial charge in [0.05, 0.1) is 61.0 Å². The third-order valence-corrected chi connectivity index (χ3v) is 10.6. The standard InChI is InChI=1S/C40H72N2O8/c1-37(2,3)42-27-36(28-42)46-22-21-43-19-11-12-20-45-32-23-35(24-32)50-40(9,10)16-15-39(7,8)41-17-13-31(14-18-41)47-29-44-30-48-33-25-34(26-33)49-38(4,5)6/h31-36H,13-30H2,1-10H3. The number of nitrogens with zero attached hydrogens (tertiary/aromatic N) is 2. The molecule has 50 heavy (non-hydrogen) atoms. The van der Waals surface area contributed by atoms with Gasteiger partial charge in [-0.1, -0.05) is 11.8 Å². The third-order valence-electron chi connectivity index (χ3n) is 10.6. The Kier molecular flexibility index (Phi) is 15.9. The van der Waals surface area contributed by atoms with Crippen molar-refractivity contribution in [3.05, 3.63) is 0 Å². The van der Waals surface area contributed by atoms with Gasteiger partial charge in [0.15, 0.2) is 0 Å². The maximum absolute atomic E-state index is 6.53. The van der Waals surface area contributed by atoms with Gasteiger partial charge >= 0.3 is 0 Å². The fourth-order valence-electron chi connectivity index (χ4n) is 6.97. The minimum Gasteiger partial charge on any atom is -0.373 e. The molecular weight excluding hydrogens is 636 g/mol. The molecule has 2 aliphatic heterocycles. The van der Waals surface area contributed by atoms with Crippen LogP contribution in [0, 0.1) is 11.8 Å². The van der Waals surface area contributed by atoms with Crippen molar-refractivity contribution in [2.45, 2.75) is 180 Å². The maximum atomic E-state index is 6.53. The molecule has 0 atom stereocenters. The van der Waals surface area contributed by atoms with Gasteiger partial charge in [-0.3, -0.25) is 9.80 Å². The third kappa shape index (κ3) is 14.9. The number of ether oxygens (including phenoxy) is 8. The van der Waals surface area contributed by atoms with Crippen LogP contribution in [0.2, 0.25) is 0 Å². The molecule has 0 aromatic carbocycles. The highest BCUT2D eigenvalue weighted by atomic mass is 16.7. The van der Waals surface area contributed by atoms with Gasteiger partial charge in [0.1, 0.15) is 26.8 Å². The summed E-state index contributed by atoms with van der Waals surface area (Å²) in [6, 6.07) is 0. The summed E-state index contributed by atoms with van der Waals surface area (Å²) in [6.45, 7) is 28.9. The molecule has 0 N–H and O–H groups in total. The first-order chi connectivity index (χ1) is 23.5. The average Bonchev–Trinajstić information content (AvgIpc) is 2.96. The van der Waals surface area contributed by atoms with Crippen LogP contribution in [0.1, 0.15) is 121 Å². The number of hydrogen-bond donors (Lipinski definition) is 0. The van der Waals surface area contributed by atoms with Crippen molar-refractivity contribution >= 4 is 0 Å². The van der Waals surface area contributed by atoms with Gasteiger partial charge in [0.25, 0.3) is 0 Å². The zero-order valence-electron chi connectivity index (χ0n) is 33.4. The Labute approximate surface area is 304 Å². The summed E-state index contributed by atoms with van der Waals surface area (Å²) >= 11 is 0. The van der Waals surface area contributed by atoms with Gasteiger partial charge in [-0.05, 0) is 94.9 Å². The Bertz CT molecular complexity index is 1030. The van der Waals surface area contributed by atoms with Crippen molar-refractivity contribution in [1.82, 2.24) is 9.80 Å². The predicted molar refractivity (Wildman–Crippen MR) is 196 cm³/mol. The maximum Gasteiger partial charge on any atom is 0.149 e. The molecular formula is C40H72N2O8. The Morgan fingerprint density at radius 1 is 0.540 bits per heavy atom. The molecule has 4 rings (SSSR count). The van der Waals surface area contributed by atoms with Gasteiger partial charge in [-0.25, -0.2) is 0 Å². The smallest absolute Gasteiger partial charge is 0.149 e. The van der Waals surface area contributed by atoms with Crippen molar-refractivity contribution in [2.24, 2.45) is 0 Å². The monoisotopic (exact) mass is 709 g/mol. The molecule has 0 aromatic rings. The molecule has 10 nitrogen and oxygen atoms in total. The Morgan fingerprint density at radius 2 is 1.12 bits per heavy atom. The lowest BCUT2D eigenvalue weighted by Gasteiger charge is -2.47. The quantitative estimate of drug-likeness (QED) is 0.0831. The van der Waals surface area contributed by atoms with Crippen LogP contribution in [0.4, 0.5) is 0 Å². The van der Waals surface area contributed by atoms with E-state index in [9.17, 15) is 0 Å². The van der Waals surface area contributed by atoms with E-state index in [-0.39, 0.29) is 60.3 Å². The summed E-state index contributed by atoms with van der Waals surface area (Å²) in [5.41, 5.74) is 0.0715. The van der Waals surface area contributed by atoms with Crippen LogP contribution < -0.4 is 0 Å². The fraction of sp³-hybridized carbons (Fsp3) is 0.950. The van der Waals surface area contributed by atoms with Crippen molar-refractivity contribution in [2.75, 3.05) is 66.2 Å². The van der Waals surface area contributed by atoms with E-state index in [4.69, 9.17) is 37.9 Å². The lowest BCUT2D eigenvalue weighted by Crippen LogP contribution is -2.59. The van der Waals surface area contributed by atoms with Crippen LogP contribution in [0.25, 0.3) is 0 Å². The highest BCUT2D eigenvalue weighted by molar-refractivity contribution is 5.00. The van der Waals surface area contributed by atoms with E-state index in [0.29, 0.717) is 38.6 Å². The molecule has 0 bridgehead atoms. The van der Waals surface area contributed by atoms with Crippen LogP contribution in [-0.2, 0) is 37.9 Å². The van der Waals surface area contributed by atoms with Crippen LogP contribution in [0.5, 0.6) is 0 Å². The van der Waals surface area contributed by atoms with Crippen molar-refractivity contribution < 1.29 is 37.9 Å². The minimum absolute atomic E-state index is 0.0953. The van der Waals surface area contributed by atoms with Crippen LogP contribution in [-0.4, -0.2) is 135 Å². The number of hydrogen-bond acceptors (Lipinski definition) is 10. The van der Waals surface area contributed by atoms with Crippen molar-refractivity contribution in [1.29, 1.82) is 0 Å². The fourth-order valence-corrected chi connectivity index (χ4v) is 6.97.